The number of halogens is 1. The highest BCUT2D eigenvalue weighted by molar-refractivity contribution is 6.32. The SMILES string of the molecule is CN(CCNC(=O)c1ccoc1Cl)c1ccccc1. The first-order valence-corrected chi connectivity index (χ1v) is 6.33. The van der Waals surface area contributed by atoms with Crippen LogP contribution in [0.25, 0.3) is 0 Å². The van der Waals surface area contributed by atoms with Gasteiger partial charge in [0.25, 0.3) is 5.91 Å². The summed E-state index contributed by atoms with van der Waals surface area (Å²) in [6, 6.07) is 11.5. The van der Waals surface area contributed by atoms with Crippen LogP contribution in [0.5, 0.6) is 0 Å². The molecular weight excluding hydrogens is 264 g/mol. The first-order chi connectivity index (χ1) is 9.18. The first-order valence-electron chi connectivity index (χ1n) is 5.96. The van der Waals surface area contributed by atoms with Crippen molar-refractivity contribution < 1.29 is 9.21 Å². The maximum absolute atomic E-state index is 11.8. The zero-order chi connectivity index (χ0) is 13.7. The summed E-state index contributed by atoms with van der Waals surface area (Å²) < 4.78 is 4.88. The number of amides is 1. The lowest BCUT2D eigenvalue weighted by Crippen LogP contribution is -2.32. The Hall–Kier alpha value is -1.94. The summed E-state index contributed by atoms with van der Waals surface area (Å²) >= 11 is 5.73. The molecule has 1 aromatic heterocycles. The minimum absolute atomic E-state index is 0.119. The number of hydrogen-bond acceptors (Lipinski definition) is 3. The van der Waals surface area contributed by atoms with Crippen LogP contribution in [0.15, 0.2) is 47.1 Å². The van der Waals surface area contributed by atoms with Crippen molar-refractivity contribution in [2.24, 2.45) is 0 Å². The van der Waals surface area contributed by atoms with E-state index in [-0.39, 0.29) is 11.1 Å². The Bertz CT molecular complexity index is 539. The molecule has 0 spiro atoms. The lowest BCUT2D eigenvalue weighted by atomic mass is 10.3. The van der Waals surface area contributed by atoms with Crippen molar-refractivity contribution in [3.05, 3.63) is 53.4 Å². The Morgan fingerprint density at radius 2 is 2.05 bits per heavy atom. The normalized spacial score (nSPS) is 10.2. The Morgan fingerprint density at radius 3 is 2.68 bits per heavy atom. The van der Waals surface area contributed by atoms with Crippen molar-refractivity contribution >= 4 is 23.2 Å². The average Bonchev–Trinajstić information content (AvgIpc) is 2.86. The third kappa shape index (κ3) is 3.51. The van der Waals surface area contributed by atoms with Gasteiger partial charge in [-0.25, -0.2) is 0 Å². The van der Waals surface area contributed by atoms with Crippen LogP contribution in [-0.2, 0) is 0 Å². The van der Waals surface area contributed by atoms with E-state index in [1.165, 1.54) is 6.26 Å². The van der Waals surface area contributed by atoms with E-state index in [0.717, 1.165) is 5.69 Å². The molecule has 1 aromatic carbocycles. The molecular formula is C14H15ClN2O2. The summed E-state index contributed by atoms with van der Waals surface area (Å²) in [7, 11) is 1.98. The van der Waals surface area contributed by atoms with Gasteiger partial charge in [0.1, 0.15) is 0 Å². The molecule has 0 atom stereocenters. The molecule has 0 saturated carbocycles. The van der Waals surface area contributed by atoms with Gasteiger partial charge in [0.2, 0.25) is 5.22 Å². The molecule has 0 saturated heterocycles. The molecule has 5 heteroatoms. The molecule has 0 unspecified atom stereocenters. The molecule has 2 aromatic rings. The summed E-state index contributed by atoms with van der Waals surface area (Å²) in [6.45, 7) is 1.25. The third-order valence-corrected chi connectivity index (χ3v) is 3.09. The van der Waals surface area contributed by atoms with Crippen LogP contribution in [0.2, 0.25) is 5.22 Å². The average molecular weight is 279 g/mol. The number of hydrogen-bond donors (Lipinski definition) is 1. The highest BCUT2D eigenvalue weighted by atomic mass is 35.5. The number of anilines is 1. The van der Waals surface area contributed by atoms with Crippen LogP contribution in [0.3, 0.4) is 0 Å². The molecule has 1 heterocycles. The van der Waals surface area contributed by atoms with Gasteiger partial charge in [0.05, 0.1) is 11.8 Å². The second kappa shape index (κ2) is 6.29. The van der Waals surface area contributed by atoms with Crippen molar-refractivity contribution in [2.75, 3.05) is 25.0 Å². The van der Waals surface area contributed by atoms with E-state index in [4.69, 9.17) is 16.0 Å². The maximum atomic E-state index is 11.8. The van der Waals surface area contributed by atoms with E-state index >= 15 is 0 Å². The molecule has 0 aliphatic heterocycles. The molecule has 100 valence electrons. The van der Waals surface area contributed by atoms with E-state index < -0.39 is 0 Å². The standard InChI is InChI=1S/C14H15ClN2O2/c1-17(11-5-3-2-4-6-11)9-8-16-14(18)12-7-10-19-13(12)15/h2-7,10H,8-9H2,1H3,(H,16,18). The molecule has 0 aliphatic rings. The molecule has 1 amide bonds. The predicted octanol–water partition coefficient (Wildman–Crippen LogP) is 2.80. The Labute approximate surface area is 117 Å². The Morgan fingerprint density at radius 1 is 1.32 bits per heavy atom. The van der Waals surface area contributed by atoms with E-state index in [1.807, 2.05) is 37.4 Å². The van der Waals surface area contributed by atoms with Crippen LogP contribution in [0.4, 0.5) is 5.69 Å². The zero-order valence-electron chi connectivity index (χ0n) is 10.6. The topological polar surface area (TPSA) is 45.5 Å². The lowest BCUT2D eigenvalue weighted by molar-refractivity contribution is 0.0954. The number of nitrogens with zero attached hydrogens (tertiary/aromatic N) is 1. The number of nitrogens with one attached hydrogen (secondary N) is 1. The van der Waals surface area contributed by atoms with Gasteiger partial charge in [-0.2, -0.15) is 0 Å². The van der Waals surface area contributed by atoms with Crippen molar-refractivity contribution in [3.63, 3.8) is 0 Å². The number of likely N-dealkylation sites (N-methyl/N-ethyl adjacent to an activating group) is 1. The van der Waals surface area contributed by atoms with Gasteiger partial charge in [0, 0.05) is 25.8 Å². The number of benzene rings is 1. The van der Waals surface area contributed by atoms with Crippen LogP contribution in [0, 0.1) is 0 Å². The smallest absolute Gasteiger partial charge is 0.256 e. The second-order valence-corrected chi connectivity index (χ2v) is 4.46. The minimum atomic E-state index is -0.222. The number of furan rings is 1. The summed E-state index contributed by atoms with van der Waals surface area (Å²) in [5, 5.41) is 2.92. The number of carbonyl (C=O) groups excluding carboxylic acids is 1. The summed E-state index contributed by atoms with van der Waals surface area (Å²) in [5.74, 6) is -0.222. The van der Waals surface area contributed by atoms with Gasteiger partial charge in [0.15, 0.2) is 0 Å². The molecule has 4 nitrogen and oxygen atoms in total. The van der Waals surface area contributed by atoms with Gasteiger partial charge in [-0.15, -0.1) is 0 Å². The van der Waals surface area contributed by atoms with Gasteiger partial charge in [-0.1, -0.05) is 18.2 Å². The Kier molecular flexibility index (Phi) is 4.47. The van der Waals surface area contributed by atoms with Crippen molar-refractivity contribution in [1.29, 1.82) is 0 Å². The highest BCUT2D eigenvalue weighted by Gasteiger charge is 2.12. The fourth-order valence-electron chi connectivity index (χ4n) is 1.70. The highest BCUT2D eigenvalue weighted by Crippen LogP contribution is 2.16. The second-order valence-electron chi connectivity index (χ2n) is 4.12. The minimum Gasteiger partial charge on any atom is -0.452 e. The number of para-hydroxylation sites is 1. The zero-order valence-corrected chi connectivity index (χ0v) is 11.4. The van der Waals surface area contributed by atoms with Crippen LogP contribution in [0.1, 0.15) is 10.4 Å². The molecule has 0 radical (unpaired) electrons. The van der Waals surface area contributed by atoms with E-state index in [1.54, 1.807) is 6.07 Å². The van der Waals surface area contributed by atoms with Crippen LogP contribution in [-0.4, -0.2) is 26.0 Å². The van der Waals surface area contributed by atoms with E-state index in [2.05, 4.69) is 10.2 Å². The van der Waals surface area contributed by atoms with Gasteiger partial charge in [-0.3, -0.25) is 4.79 Å². The summed E-state index contributed by atoms with van der Waals surface area (Å²) in [4.78, 5) is 13.8. The summed E-state index contributed by atoms with van der Waals surface area (Å²) in [6.07, 6.45) is 1.40. The van der Waals surface area contributed by atoms with Crippen molar-refractivity contribution in [3.8, 4) is 0 Å². The fourth-order valence-corrected chi connectivity index (χ4v) is 1.90. The molecule has 0 aliphatic carbocycles. The number of carbonyl (C=O) groups is 1. The number of rotatable bonds is 5. The van der Waals surface area contributed by atoms with Crippen LogP contribution < -0.4 is 10.2 Å². The Balaban J connectivity index is 1.81. The van der Waals surface area contributed by atoms with E-state index in [9.17, 15) is 4.79 Å². The van der Waals surface area contributed by atoms with Gasteiger partial charge < -0.3 is 14.6 Å². The summed E-state index contributed by atoms with van der Waals surface area (Å²) in [5.41, 5.74) is 1.47. The molecule has 0 bridgehead atoms. The predicted molar refractivity (Wildman–Crippen MR) is 75.8 cm³/mol. The third-order valence-electron chi connectivity index (χ3n) is 2.79. The molecule has 0 fully saturated rings. The molecule has 2 rings (SSSR count). The monoisotopic (exact) mass is 278 g/mol. The fraction of sp³-hybridized carbons (Fsp3) is 0.214. The quantitative estimate of drug-likeness (QED) is 0.915. The molecule has 1 N–H and O–H groups in total. The molecule has 19 heavy (non-hydrogen) atoms. The van der Waals surface area contributed by atoms with Gasteiger partial charge in [-0.05, 0) is 29.8 Å². The first kappa shape index (κ1) is 13.5. The largest absolute Gasteiger partial charge is 0.452 e. The van der Waals surface area contributed by atoms with Crippen molar-refractivity contribution in [2.45, 2.75) is 0 Å². The van der Waals surface area contributed by atoms with Crippen LogP contribution >= 0.6 is 11.6 Å². The van der Waals surface area contributed by atoms with Gasteiger partial charge >= 0.3 is 0 Å². The lowest BCUT2D eigenvalue weighted by Gasteiger charge is -2.19. The van der Waals surface area contributed by atoms with E-state index in [0.29, 0.717) is 18.7 Å². The van der Waals surface area contributed by atoms with Crippen molar-refractivity contribution in [1.82, 2.24) is 5.32 Å². The maximum Gasteiger partial charge on any atom is 0.256 e.